The maximum atomic E-state index is 13.0. The largest absolute Gasteiger partial charge is 0.369 e. The molecule has 2 aromatic carbocycles. The summed E-state index contributed by atoms with van der Waals surface area (Å²) in [5.41, 5.74) is 3.83. The van der Waals surface area contributed by atoms with E-state index < -0.39 is 11.2 Å². The number of carbonyl (C=O) groups excluding carboxylic acids is 1. The molecular weight excluding hydrogens is 522 g/mol. The average Bonchev–Trinajstić information content (AvgIpc) is 3.13. The molecule has 1 spiro atoms. The maximum absolute atomic E-state index is 13.0. The highest BCUT2D eigenvalue weighted by Crippen LogP contribution is 2.32. The van der Waals surface area contributed by atoms with Crippen LogP contribution in [0.4, 0.5) is 16.2 Å². The fourth-order valence-electron chi connectivity index (χ4n) is 4.16. The summed E-state index contributed by atoms with van der Waals surface area (Å²) in [6.07, 6.45) is 2.73. The lowest BCUT2D eigenvalue weighted by atomic mass is 9.98. The minimum absolute atomic E-state index is 0.0446. The van der Waals surface area contributed by atoms with E-state index in [1.165, 1.54) is 11.1 Å². The molecule has 0 atom stereocenters. The smallest absolute Gasteiger partial charge is 0.338 e. The van der Waals surface area contributed by atoms with Crippen molar-refractivity contribution in [1.82, 2.24) is 20.5 Å². The van der Waals surface area contributed by atoms with E-state index in [4.69, 9.17) is 46.4 Å². The molecule has 34 heavy (non-hydrogen) atoms. The lowest BCUT2D eigenvalue weighted by Crippen LogP contribution is -2.58. The summed E-state index contributed by atoms with van der Waals surface area (Å²) < 4.78 is 1.15. The van der Waals surface area contributed by atoms with E-state index in [0.717, 1.165) is 4.68 Å². The number of piperidine rings is 1. The van der Waals surface area contributed by atoms with Crippen molar-refractivity contribution in [2.24, 2.45) is 0 Å². The van der Waals surface area contributed by atoms with Crippen molar-refractivity contribution in [2.75, 3.05) is 23.0 Å². The number of nitrogens with one attached hydrogen (secondary N) is 2. The van der Waals surface area contributed by atoms with Crippen molar-refractivity contribution >= 4 is 63.8 Å². The number of carbonyl (C=O) groups is 1. The number of hydrogen-bond donors (Lipinski definition) is 2. The van der Waals surface area contributed by atoms with Gasteiger partial charge >= 0.3 is 6.03 Å². The van der Waals surface area contributed by atoms with Crippen LogP contribution >= 0.6 is 46.4 Å². The highest BCUT2D eigenvalue weighted by atomic mass is 35.5. The Morgan fingerprint density at radius 1 is 0.882 bits per heavy atom. The van der Waals surface area contributed by atoms with Crippen LogP contribution in [0.5, 0.6) is 0 Å². The fourth-order valence-corrected chi connectivity index (χ4v) is 5.02. The predicted octanol–water partition coefficient (Wildman–Crippen LogP) is 4.88. The minimum atomic E-state index is -0.598. The molecule has 3 aromatic rings. The molecule has 1 aromatic heterocycles. The topological polar surface area (TPSA) is 82.5 Å². The van der Waals surface area contributed by atoms with Gasteiger partial charge in [0, 0.05) is 36.0 Å². The second kappa shape index (κ2) is 8.94. The van der Waals surface area contributed by atoms with Crippen molar-refractivity contribution < 1.29 is 4.79 Å². The quantitative estimate of drug-likeness (QED) is 0.496. The van der Waals surface area contributed by atoms with Crippen LogP contribution in [0.3, 0.4) is 0 Å². The number of benzene rings is 2. The highest BCUT2D eigenvalue weighted by Gasteiger charge is 2.45. The summed E-state index contributed by atoms with van der Waals surface area (Å²) in [4.78, 5) is 27.5. The van der Waals surface area contributed by atoms with Gasteiger partial charge in [-0.3, -0.25) is 4.79 Å². The lowest BCUT2D eigenvalue weighted by Gasteiger charge is -2.39. The first-order valence-electron chi connectivity index (χ1n) is 10.4. The molecule has 2 aliphatic rings. The van der Waals surface area contributed by atoms with Gasteiger partial charge < -0.3 is 10.2 Å². The van der Waals surface area contributed by atoms with Crippen molar-refractivity contribution in [3.05, 3.63) is 79.1 Å². The van der Waals surface area contributed by atoms with E-state index in [2.05, 4.69) is 15.8 Å². The average molecular weight is 540 g/mol. The van der Waals surface area contributed by atoms with E-state index in [1.54, 1.807) is 42.6 Å². The van der Waals surface area contributed by atoms with Crippen molar-refractivity contribution in [3.8, 4) is 5.69 Å². The van der Waals surface area contributed by atoms with Crippen molar-refractivity contribution in [2.45, 2.75) is 18.5 Å². The Morgan fingerprint density at radius 2 is 1.56 bits per heavy atom. The van der Waals surface area contributed by atoms with Crippen molar-refractivity contribution in [3.63, 3.8) is 0 Å². The van der Waals surface area contributed by atoms with Gasteiger partial charge in [0.25, 0.3) is 5.56 Å². The first kappa shape index (κ1) is 23.3. The van der Waals surface area contributed by atoms with E-state index in [1.807, 2.05) is 4.90 Å². The maximum Gasteiger partial charge on any atom is 0.338 e. The third-order valence-corrected chi connectivity index (χ3v) is 7.10. The van der Waals surface area contributed by atoms with Gasteiger partial charge in [0.15, 0.2) is 0 Å². The summed E-state index contributed by atoms with van der Waals surface area (Å²) in [5.74, 6) is 0. The minimum Gasteiger partial charge on any atom is -0.369 e. The molecule has 12 heteroatoms. The Bertz CT molecular complexity index is 1320. The summed E-state index contributed by atoms with van der Waals surface area (Å²) in [6, 6.07) is 11.5. The number of nitrogens with zero attached hydrogens (tertiary/aromatic N) is 4. The Hall–Kier alpha value is -2.49. The first-order valence-corrected chi connectivity index (χ1v) is 11.9. The van der Waals surface area contributed by atoms with Crippen LogP contribution < -0.4 is 26.2 Å². The molecule has 176 valence electrons. The number of anilines is 2. The van der Waals surface area contributed by atoms with Crippen LogP contribution in [0.15, 0.2) is 53.5 Å². The summed E-state index contributed by atoms with van der Waals surface area (Å²) in [6.45, 7) is 1.10. The third-order valence-electron chi connectivity index (χ3n) is 5.96. The van der Waals surface area contributed by atoms with Gasteiger partial charge in [-0.1, -0.05) is 46.4 Å². The molecule has 0 bridgehead atoms. The van der Waals surface area contributed by atoms with Crippen LogP contribution in [-0.4, -0.2) is 34.6 Å². The highest BCUT2D eigenvalue weighted by molar-refractivity contribution is 6.36. The van der Waals surface area contributed by atoms with E-state index in [0.29, 0.717) is 58.1 Å². The van der Waals surface area contributed by atoms with Crippen LogP contribution in [0.1, 0.15) is 12.8 Å². The predicted molar refractivity (Wildman–Crippen MR) is 135 cm³/mol. The molecule has 2 N–H and O–H groups in total. The summed E-state index contributed by atoms with van der Waals surface area (Å²) in [7, 11) is 0. The standard InChI is InChI=1S/C22H18Cl4N6O2/c23-13-1-4-15(5-2-13)31-21(34)28-22(29-31)7-9-30(10-8-22)18-12-27-32(20(33)19(18)26)17-6-3-14(24)11-16(17)25/h1-6,11-12,29H,7-10H2,(H,28,34). The Kier molecular flexibility index (Phi) is 6.12. The normalized spacial score (nSPS) is 17.4. The molecule has 2 amide bonds. The van der Waals surface area contributed by atoms with Gasteiger partial charge in [-0.05, 0) is 42.5 Å². The van der Waals surface area contributed by atoms with Gasteiger partial charge in [-0.15, -0.1) is 0 Å². The molecule has 0 radical (unpaired) electrons. The Morgan fingerprint density at radius 3 is 2.24 bits per heavy atom. The number of hydrazine groups is 1. The number of hydrogen-bond acceptors (Lipinski definition) is 5. The zero-order valence-electron chi connectivity index (χ0n) is 17.6. The SMILES string of the molecule is O=C1NC2(CCN(c3cnn(-c4ccc(Cl)cc4Cl)c(=O)c3Cl)CC2)NN1c1ccc(Cl)cc1. The van der Waals surface area contributed by atoms with Gasteiger partial charge in [-0.25, -0.2) is 15.2 Å². The monoisotopic (exact) mass is 538 g/mol. The number of halogens is 4. The zero-order chi connectivity index (χ0) is 24.0. The van der Waals surface area contributed by atoms with Crippen molar-refractivity contribution in [1.29, 1.82) is 0 Å². The van der Waals surface area contributed by atoms with E-state index in [9.17, 15) is 9.59 Å². The third kappa shape index (κ3) is 4.21. The van der Waals surface area contributed by atoms with E-state index >= 15 is 0 Å². The molecule has 0 unspecified atom stereocenters. The Balaban J connectivity index is 1.33. The van der Waals surface area contributed by atoms with E-state index in [-0.39, 0.29) is 11.1 Å². The lowest BCUT2D eigenvalue weighted by molar-refractivity contribution is 0.235. The zero-order valence-corrected chi connectivity index (χ0v) is 20.6. The van der Waals surface area contributed by atoms with Crippen LogP contribution in [0.2, 0.25) is 20.1 Å². The molecular formula is C22H18Cl4N6O2. The molecule has 2 aliphatic heterocycles. The molecule has 2 fully saturated rings. The number of amides is 2. The van der Waals surface area contributed by atoms with Crippen LogP contribution in [-0.2, 0) is 0 Å². The number of rotatable bonds is 3. The number of aromatic nitrogens is 2. The Labute approximate surface area is 214 Å². The molecule has 3 heterocycles. The first-order chi connectivity index (χ1) is 16.3. The second-order valence-corrected chi connectivity index (χ2v) is 9.74. The molecule has 8 nitrogen and oxygen atoms in total. The molecule has 2 saturated heterocycles. The van der Waals surface area contributed by atoms with Crippen LogP contribution in [0.25, 0.3) is 5.69 Å². The van der Waals surface area contributed by atoms with Gasteiger partial charge in [-0.2, -0.15) is 9.78 Å². The molecule has 0 aliphatic carbocycles. The summed E-state index contributed by atoms with van der Waals surface area (Å²) >= 11 is 24.6. The molecule has 0 saturated carbocycles. The van der Waals surface area contributed by atoms with Gasteiger partial charge in [0.2, 0.25) is 0 Å². The second-order valence-electron chi connectivity index (χ2n) is 8.08. The molecule has 5 rings (SSSR count). The van der Waals surface area contributed by atoms with Gasteiger partial charge in [0.05, 0.1) is 28.3 Å². The summed E-state index contributed by atoms with van der Waals surface area (Å²) in [5, 5.41) is 10.2. The number of urea groups is 1. The van der Waals surface area contributed by atoms with Gasteiger partial charge in [0.1, 0.15) is 10.7 Å². The fraction of sp³-hybridized carbons (Fsp3) is 0.227. The van der Waals surface area contributed by atoms with Crippen LogP contribution in [0, 0.1) is 0 Å².